The lowest BCUT2D eigenvalue weighted by molar-refractivity contribution is -0.120. The van der Waals surface area contributed by atoms with Gasteiger partial charge in [0.1, 0.15) is 13.2 Å². The van der Waals surface area contributed by atoms with Crippen LogP contribution in [0.3, 0.4) is 0 Å². The molecule has 0 spiro atoms. The van der Waals surface area contributed by atoms with E-state index in [0.29, 0.717) is 63.1 Å². The third-order valence-corrected chi connectivity index (χ3v) is 7.00. The van der Waals surface area contributed by atoms with Crippen molar-refractivity contribution in [2.75, 3.05) is 44.8 Å². The predicted molar refractivity (Wildman–Crippen MR) is 113 cm³/mol. The van der Waals surface area contributed by atoms with Crippen molar-refractivity contribution in [3.8, 4) is 11.5 Å². The number of aryl methyl sites for hydroxylation is 1. The summed E-state index contributed by atoms with van der Waals surface area (Å²) in [4.78, 5) is 29.5. The molecule has 5 rings (SSSR count). The molecule has 3 aliphatic rings. The number of benzene rings is 1. The van der Waals surface area contributed by atoms with Gasteiger partial charge < -0.3 is 24.4 Å². The first-order valence-electron chi connectivity index (χ1n) is 10.4. The van der Waals surface area contributed by atoms with Gasteiger partial charge in [0.2, 0.25) is 5.91 Å². The standard InChI is InChI=1S/C22H24N2O5S/c25-21(23-16-2-3-17-18(13-16)29-10-9-28-17)14-1-4-19-15(11-14)12-20(30-19)22(26)24-5-7-27-8-6-24/h2-3,12-14H,1,4-11H2,(H,23,25)/t14-/m0/s1. The van der Waals surface area contributed by atoms with Crippen LogP contribution in [-0.4, -0.2) is 56.2 Å². The van der Waals surface area contributed by atoms with E-state index in [0.717, 1.165) is 23.3 Å². The van der Waals surface area contributed by atoms with E-state index in [1.807, 2.05) is 29.2 Å². The van der Waals surface area contributed by atoms with Gasteiger partial charge >= 0.3 is 0 Å². The summed E-state index contributed by atoms with van der Waals surface area (Å²) >= 11 is 1.58. The van der Waals surface area contributed by atoms with E-state index in [2.05, 4.69) is 5.32 Å². The van der Waals surface area contributed by atoms with Gasteiger partial charge in [0, 0.05) is 35.6 Å². The molecule has 1 saturated heterocycles. The second kappa shape index (κ2) is 8.28. The number of carbonyl (C=O) groups excluding carboxylic acids is 2. The van der Waals surface area contributed by atoms with Crippen molar-refractivity contribution < 1.29 is 23.8 Å². The number of hydrogen-bond donors (Lipinski definition) is 1. The lowest BCUT2D eigenvalue weighted by Crippen LogP contribution is -2.40. The molecule has 8 heteroatoms. The summed E-state index contributed by atoms with van der Waals surface area (Å²) in [5.74, 6) is 1.34. The minimum Gasteiger partial charge on any atom is -0.486 e. The molecular formula is C22H24N2O5S. The van der Waals surface area contributed by atoms with Gasteiger partial charge in [-0.1, -0.05) is 0 Å². The molecule has 0 radical (unpaired) electrons. The van der Waals surface area contributed by atoms with Crippen molar-refractivity contribution in [2.45, 2.75) is 19.3 Å². The summed E-state index contributed by atoms with van der Waals surface area (Å²) in [6, 6.07) is 7.46. The van der Waals surface area contributed by atoms with Crippen LogP contribution in [-0.2, 0) is 22.4 Å². The highest BCUT2D eigenvalue weighted by molar-refractivity contribution is 7.14. The molecule has 1 atom stereocenters. The van der Waals surface area contributed by atoms with Crippen molar-refractivity contribution >= 4 is 28.8 Å². The minimum atomic E-state index is -0.105. The number of thiophene rings is 1. The maximum Gasteiger partial charge on any atom is 0.264 e. The number of amides is 2. The third-order valence-electron chi connectivity index (χ3n) is 5.77. The summed E-state index contributed by atoms with van der Waals surface area (Å²) < 4.78 is 16.5. The number of nitrogens with one attached hydrogen (secondary N) is 1. The van der Waals surface area contributed by atoms with E-state index in [1.165, 1.54) is 4.88 Å². The Morgan fingerprint density at radius 3 is 2.67 bits per heavy atom. The number of nitrogens with zero attached hydrogens (tertiary/aromatic N) is 1. The first-order valence-corrected chi connectivity index (χ1v) is 11.2. The molecule has 0 saturated carbocycles. The first-order chi connectivity index (χ1) is 14.7. The Labute approximate surface area is 178 Å². The molecular weight excluding hydrogens is 404 g/mol. The number of rotatable bonds is 3. The van der Waals surface area contributed by atoms with Crippen molar-refractivity contribution in [1.29, 1.82) is 0 Å². The summed E-state index contributed by atoms with van der Waals surface area (Å²) in [5.41, 5.74) is 1.84. The first kappa shape index (κ1) is 19.4. The zero-order chi connectivity index (χ0) is 20.5. The Bertz CT molecular complexity index is 966. The Hall–Kier alpha value is -2.58. The van der Waals surface area contributed by atoms with E-state index in [4.69, 9.17) is 14.2 Å². The predicted octanol–water partition coefficient (Wildman–Crippen LogP) is 2.74. The zero-order valence-electron chi connectivity index (χ0n) is 16.6. The van der Waals surface area contributed by atoms with Gasteiger partial charge in [-0.25, -0.2) is 0 Å². The molecule has 1 N–H and O–H groups in total. The van der Waals surface area contributed by atoms with Gasteiger partial charge in [-0.15, -0.1) is 11.3 Å². The molecule has 0 bridgehead atoms. The van der Waals surface area contributed by atoms with Gasteiger partial charge in [-0.3, -0.25) is 9.59 Å². The summed E-state index contributed by atoms with van der Waals surface area (Å²) in [6.07, 6.45) is 2.28. The smallest absolute Gasteiger partial charge is 0.264 e. The Kier molecular flexibility index (Phi) is 5.35. The Morgan fingerprint density at radius 1 is 1.03 bits per heavy atom. The number of anilines is 1. The average Bonchev–Trinajstić information content (AvgIpc) is 3.22. The monoisotopic (exact) mass is 428 g/mol. The fourth-order valence-corrected chi connectivity index (χ4v) is 5.32. The van der Waals surface area contributed by atoms with Crippen molar-refractivity contribution in [3.63, 3.8) is 0 Å². The van der Waals surface area contributed by atoms with Gasteiger partial charge in [0.05, 0.1) is 18.1 Å². The van der Waals surface area contributed by atoms with E-state index in [-0.39, 0.29) is 17.7 Å². The summed E-state index contributed by atoms with van der Waals surface area (Å²) in [5, 5.41) is 3.01. The van der Waals surface area contributed by atoms with E-state index >= 15 is 0 Å². The van der Waals surface area contributed by atoms with E-state index in [1.54, 1.807) is 11.3 Å². The highest BCUT2D eigenvalue weighted by Gasteiger charge is 2.29. The maximum absolute atomic E-state index is 12.9. The normalized spacial score (nSPS) is 20.4. The summed E-state index contributed by atoms with van der Waals surface area (Å²) in [6.45, 7) is 3.53. The third kappa shape index (κ3) is 3.89. The van der Waals surface area contributed by atoms with Crippen LogP contribution in [0.25, 0.3) is 0 Å². The second-order valence-electron chi connectivity index (χ2n) is 7.75. The maximum atomic E-state index is 12.9. The SMILES string of the molecule is O=C(Nc1ccc2c(c1)OCCO2)[C@H]1CCc2sc(C(=O)N3CCOCC3)cc2C1. The van der Waals surface area contributed by atoms with Crippen molar-refractivity contribution in [3.05, 3.63) is 39.6 Å². The number of hydrogen-bond acceptors (Lipinski definition) is 6. The Balaban J connectivity index is 1.24. The molecule has 1 aromatic heterocycles. The van der Waals surface area contributed by atoms with Gasteiger partial charge in [0.25, 0.3) is 5.91 Å². The lowest BCUT2D eigenvalue weighted by Gasteiger charge is -2.26. The topological polar surface area (TPSA) is 77.1 Å². The van der Waals surface area contributed by atoms with Crippen molar-refractivity contribution in [1.82, 2.24) is 4.90 Å². The minimum absolute atomic E-state index is 0.00424. The highest BCUT2D eigenvalue weighted by atomic mass is 32.1. The number of carbonyl (C=O) groups is 2. The van der Waals surface area contributed by atoms with Gasteiger partial charge in [0.15, 0.2) is 11.5 Å². The molecule has 7 nitrogen and oxygen atoms in total. The molecule has 1 aromatic carbocycles. The van der Waals surface area contributed by atoms with Gasteiger partial charge in [-0.05, 0) is 43.0 Å². The zero-order valence-corrected chi connectivity index (χ0v) is 17.5. The highest BCUT2D eigenvalue weighted by Crippen LogP contribution is 2.35. The number of ether oxygens (including phenoxy) is 3. The Morgan fingerprint density at radius 2 is 1.83 bits per heavy atom. The van der Waals surface area contributed by atoms with Crippen LogP contribution >= 0.6 is 11.3 Å². The molecule has 2 aromatic rings. The lowest BCUT2D eigenvalue weighted by atomic mass is 9.87. The van der Waals surface area contributed by atoms with Crippen LogP contribution in [0, 0.1) is 5.92 Å². The molecule has 0 unspecified atom stereocenters. The number of fused-ring (bicyclic) bond motifs is 2. The van der Waals surface area contributed by atoms with Crippen LogP contribution in [0.2, 0.25) is 0 Å². The molecule has 3 heterocycles. The van der Waals surface area contributed by atoms with Crippen LogP contribution in [0.5, 0.6) is 11.5 Å². The van der Waals surface area contributed by atoms with E-state index in [9.17, 15) is 9.59 Å². The largest absolute Gasteiger partial charge is 0.486 e. The average molecular weight is 429 g/mol. The fraction of sp³-hybridized carbons (Fsp3) is 0.455. The molecule has 158 valence electrons. The van der Waals surface area contributed by atoms with Crippen LogP contribution in [0.4, 0.5) is 5.69 Å². The van der Waals surface area contributed by atoms with Crippen LogP contribution in [0.1, 0.15) is 26.5 Å². The van der Waals surface area contributed by atoms with Crippen LogP contribution in [0.15, 0.2) is 24.3 Å². The molecule has 30 heavy (non-hydrogen) atoms. The summed E-state index contributed by atoms with van der Waals surface area (Å²) in [7, 11) is 0. The van der Waals surface area contributed by atoms with Gasteiger partial charge in [-0.2, -0.15) is 0 Å². The molecule has 1 fully saturated rings. The van der Waals surface area contributed by atoms with Crippen molar-refractivity contribution in [2.24, 2.45) is 5.92 Å². The number of morpholine rings is 1. The molecule has 1 aliphatic carbocycles. The molecule has 2 aliphatic heterocycles. The second-order valence-corrected chi connectivity index (χ2v) is 8.89. The fourth-order valence-electron chi connectivity index (χ4n) is 4.14. The van der Waals surface area contributed by atoms with Crippen LogP contribution < -0.4 is 14.8 Å². The quantitative estimate of drug-likeness (QED) is 0.814. The van der Waals surface area contributed by atoms with E-state index < -0.39 is 0 Å². The molecule has 2 amide bonds.